The van der Waals surface area contributed by atoms with Crippen LogP contribution in [0.4, 0.5) is 0 Å². The van der Waals surface area contributed by atoms with E-state index >= 15 is 0 Å². The number of carbonyl (C=O) groups is 1. The van der Waals surface area contributed by atoms with Crippen LogP contribution in [0.2, 0.25) is 0 Å². The Hall–Kier alpha value is -1.85. The molecule has 1 aromatic heterocycles. The first-order chi connectivity index (χ1) is 11.2. The van der Waals surface area contributed by atoms with Crippen LogP contribution < -0.4 is 0 Å². The monoisotopic (exact) mass is 312 g/mol. The van der Waals surface area contributed by atoms with Crippen LogP contribution >= 0.6 is 0 Å². The molecule has 0 radical (unpaired) electrons. The van der Waals surface area contributed by atoms with Gasteiger partial charge in [-0.3, -0.25) is 4.79 Å². The number of aromatic nitrogens is 2. The standard InChI is InChI=1S/C17H20N4O2/c22-16(14-8-21(9-18-14)10-1-2-10)20-6-11-12(7-20)15(11)13-5-17(3-4-17)23-19-13/h8-12,15H,1-7H2. The molecule has 3 heterocycles. The molecule has 5 aliphatic rings. The molecular weight excluding hydrogens is 292 g/mol. The van der Waals surface area contributed by atoms with Crippen LogP contribution in [0.25, 0.3) is 0 Å². The fourth-order valence-corrected chi connectivity index (χ4v) is 4.50. The van der Waals surface area contributed by atoms with Crippen LogP contribution in [0.1, 0.15) is 48.6 Å². The summed E-state index contributed by atoms with van der Waals surface area (Å²) in [5.74, 6) is 1.86. The van der Waals surface area contributed by atoms with E-state index in [1.807, 2.05) is 17.4 Å². The van der Waals surface area contributed by atoms with E-state index in [4.69, 9.17) is 4.84 Å². The van der Waals surface area contributed by atoms with Crippen LogP contribution in [-0.2, 0) is 4.84 Å². The molecular formula is C17H20N4O2. The third kappa shape index (κ3) is 1.83. The highest BCUT2D eigenvalue weighted by molar-refractivity contribution is 5.94. The molecule has 2 atom stereocenters. The molecule has 2 unspecified atom stereocenters. The van der Waals surface area contributed by atoms with Gasteiger partial charge in [0.1, 0.15) is 11.3 Å². The minimum atomic E-state index is 0.0946. The van der Waals surface area contributed by atoms with Crippen molar-refractivity contribution in [2.75, 3.05) is 13.1 Å². The summed E-state index contributed by atoms with van der Waals surface area (Å²) in [5, 5.41) is 4.35. The summed E-state index contributed by atoms with van der Waals surface area (Å²) in [6, 6.07) is 0.579. The van der Waals surface area contributed by atoms with Gasteiger partial charge in [-0.25, -0.2) is 4.98 Å². The molecule has 6 heteroatoms. The molecule has 1 spiro atoms. The molecule has 2 aliphatic heterocycles. The van der Waals surface area contributed by atoms with Gasteiger partial charge in [-0.05, 0) is 37.5 Å². The third-order valence-electron chi connectivity index (χ3n) is 6.32. The van der Waals surface area contributed by atoms with Crippen molar-refractivity contribution in [2.45, 2.75) is 43.7 Å². The molecule has 1 saturated heterocycles. The molecule has 0 aromatic carbocycles. The second-order valence-electron chi connectivity index (χ2n) is 8.03. The predicted octanol–water partition coefficient (Wildman–Crippen LogP) is 1.84. The van der Waals surface area contributed by atoms with E-state index in [9.17, 15) is 4.79 Å². The zero-order valence-electron chi connectivity index (χ0n) is 13.0. The second kappa shape index (κ2) is 3.97. The van der Waals surface area contributed by atoms with Crippen molar-refractivity contribution in [1.82, 2.24) is 14.5 Å². The van der Waals surface area contributed by atoms with E-state index in [-0.39, 0.29) is 11.5 Å². The lowest BCUT2D eigenvalue weighted by Crippen LogP contribution is -2.32. The Balaban J connectivity index is 1.11. The molecule has 4 fully saturated rings. The number of hydrogen-bond acceptors (Lipinski definition) is 4. The Bertz CT molecular complexity index is 719. The minimum absolute atomic E-state index is 0.0946. The Morgan fingerprint density at radius 3 is 2.70 bits per heavy atom. The molecule has 0 bridgehead atoms. The van der Waals surface area contributed by atoms with Crippen molar-refractivity contribution in [3.8, 4) is 0 Å². The zero-order chi connectivity index (χ0) is 15.2. The maximum absolute atomic E-state index is 12.6. The van der Waals surface area contributed by atoms with E-state index in [0.29, 0.717) is 29.5 Å². The molecule has 120 valence electrons. The van der Waals surface area contributed by atoms with Crippen molar-refractivity contribution in [1.29, 1.82) is 0 Å². The van der Waals surface area contributed by atoms with Gasteiger partial charge in [0, 0.05) is 37.7 Å². The van der Waals surface area contributed by atoms with E-state index in [1.54, 1.807) is 0 Å². The number of piperidine rings is 1. The molecule has 23 heavy (non-hydrogen) atoms. The summed E-state index contributed by atoms with van der Waals surface area (Å²) >= 11 is 0. The average Bonchev–Trinajstić information content (AvgIpc) is 3.50. The molecule has 1 amide bonds. The Kier molecular flexibility index (Phi) is 2.17. The summed E-state index contributed by atoms with van der Waals surface area (Å²) in [5.41, 5.74) is 1.97. The molecule has 3 aliphatic carbocycles. The summed E-state index contributed by atoms with van der Waals surface area (Å²) < 4.78 is 2.09. The van der Waals surface area contributed by atoms with Crippen molar-refractivity contribution in [3.63, 3.8) is 0 Å². The first kappa shape index (κ1) is 12.6. The van der Waals surface area contributed by atoms with Crippen LogP contribution in [0, 0.1) is 17.8 Å². The van der Waals surface area contributed by atoms with Gasteiger partial charge in [0.25, 0.3) is 5.91 Å². The van der Waals surface area contributed by atoms with Gasteiger partial charge in [0.15, 0.2) is 0 Å². The lowest BCUT2D eigenvalue weighted by molar-refractivity contribution is 0.0650. The quantitative estimate of drug-likeness (QED) is 0.856. The second-order valence-corrected chi connectivity index (χ2v) is 8.03. The first-order valence-electron chi connectivity index (χ1n) is 8.80. The summed E-state index contributed by atoms with van der Waals surface area (Å²) in [6.07, 6.45) is 9.52. The fourth-order valence-electron chi connectivity index (χ4n) is 4.50. The average molecular weight is 312 g/mol. The SMILES string of the molecule is O=C(c1cn(C2CC2)cn1)N1CC2C(C1)C2C1=NOC2(CC2)C1. The van der Waals surface area contributed by atoms with Crippen molar-refractivity contribution >= 4 is 11.6 Å². The summed E-state index contributed by atoms with van der Waals surface area (Å²) in [6.45, 7) is 1.72. The number of fused-ring (bicyclic) bond motifs is 1. The van der Waals surface area contributed by atoms with E-state index < -0.39 is 0 Å². The molecule has 6 nitrogen and oxygen atoms in total. The summed E-state index contributed by atoms with van der Waals surface area (Å²) in [4.78, 5) is 24.5. The number of nitrogens with zero attached hydrogens (tertiary/aromatic N) is 4. The maximum Gasteiger partial charge on any atom is 0.274 e. The number of rotatable bonds is 3. The zero-order valence-corrected chi connectivity index (χ0v) is 13.0. The molecule has 0 N–H and O–H groups in total. The van der Waals surface area contributed by atoms with Crippen molar-refractivity contribution < 1.29 is 9.63 Å². The van der Waals surface area contributed by atoms with Gasteiger partial charge in [-0.1, -0.05) is 5.16 Å². The Morgan fingerprint density at radius 2 is 2.04 bits per heavy atom. The normalized spacial score (nSPS) is 35.9. The van der Waals surface area contributed by atoms with Gasteiger partial charge in [0.2, 0.25) is 0 Å². The predicted molar refractivity (Wildman–Crippen MR) is 82.0 cm³/mol. The maximum atomic E-state index is 12.6. The number of likely N-dealkylation sites (tertiary alicyclic amines) is 1. The topological polar surface area (TPSA) is 59.7 Å². The minimum Gasteiger partial charge on any atom is -0.389 e. The highest BCUT2D eigenvalue weighted by atomic mass is 16.7. The van der Waals surface area contributed by atoms with Crippen LogP contribution in [0.15, 0.2) is 17.7 Å². The van der Waals surface area contributed by atoms with E-state index in [1.165, 1.54) is 18.6 Å². The van der Waals surface area contributed by atoms with Crippen LogP contribution in [0.5, 0.6) is 0 Å². The lowest BCUT2D eigenvalue weighted by atomic mass is 10.0. The Morgan fingerprint density at radius 1 is 1.26 bits per heavy atom. The summed E-state index contributed by atoms with van der Waals surface area (Å²) in [7, 11) is 0. The highest BCUT2D eigenvalue weighted by Crippen LogP contribution is 2.57. The van der Waals surface area contributed by atoms with Gasteiger partial charge >= 0.3 is 0 Å². The highest BCUT2D eigenvalue weighted by Gasteiger charge is 2.62. The lowest BCUT2D eigenvalue weighted by Gasteiger charge is -2.18. The van der Waals surface area contributed by atoms with Crippen molar-refractivity contribution in [2.24, 2.45) is 22.9 Å². The fraction of sp³-hybridized carbons (Fsp3) is 0.706. The smallest absolute Gasteiger partial charge is 0.274 e. The van der Waals surface area contributed by atoms with Gasteiger partial charge in [0.05, 0.1) is 12.0 Å². The van der Waals surface area contributed by atoms with Crippen LogP contribution in [-0.4, -0.2) is 44.8 Å². The number of carbonyl (C=O) groups excluding carboxylic acids is 1. The largest absolute Gasteiger partial charge is 0.389 e. The Labute approximate surface area is 134 Å². The molecule has 3 saturated carbocycles. The van der Waals surface area contributed by atoms with E-state index in [0.717, 1.165) is 32.4 Å². The first-order valence-corrected chi connectivity index (χ1v) is 8.80. The number of hydrogen-bond donors (Lipinski definition) is 0. The molecule has 1 aromatic rings. The van der Waals surface area contributed by atoms with Crippen LogP contribution in [0.3, 0.4) is 0 Å². The van der Waals surface area contributed by atoms with Gasteiger partial charge in [-0.2, -0.15) is 0 Å². The van der Waals surface area contributed by atoms with E-state index in [2.05, 4.69) is 14.7 Å². The third-order valence-corrected chi connectivity index (χ3v) is 6.32. The molecule has 6 rings (SSSR count). The number of oxime groups is 1. The van der Waals surface area contributed by atoms with Gasteiger partial charge < -0.3 is 14.3 Å². The van der Waals surface area contributed by atoms with Gasteiger partial charge in [-0.15, -0.1) is 0 Å². The number of imidazole rings is 1. The van der Waals surface area contributed by atoms with Crippen molar-refractivity contribution in [3.05, 3.63) is 18.2 Å². The number of amides is 1.